The molecule has 2 aromatic rings. The number of aromatic amines is 1. The Balaban J connectivity index is 1.53. The Morgan fingerprint density at radius 2 is 1.87 bits per heavy atom. The summed E-state index contributed by atoms with van der Waals surface area (Å²) in [7, 11) is 0. The number of aromatic nitrogens is 2. The fourth-order valence-electron chi connectivity index (χ4n) is 3.59. The number of hydrogen-bond acceptors (Lipinski definition) is 3. The van der Waals surface area contributed by atoms with E-state index in [0.29, 0.717) is 0 Å². The second kappa shape index (κ2) is 7.28. The van der Waals surface area contributed by atoms with E-state index in [0.717, 1.165) is 43.4 Å². The predicted molar refractivity (Wildman–Crippen MR) is 92.1 cm³/mol. The largest absolute Gasteiger partial charge is 0.392 e. The van der Waals surface area contributed by atoms with Crippen molar-refractivity contribution in [1.29, 1.82) is 0 Å². The number of rotatable bonds is 5. The molecule has 1 fully saturated rings. The van der Waals surface area contributed by atoms with Crippen molar-refractivity contribution in [3.63, 3.8) is 0 Å². The molecule has 2 heterocycles. The maximum Gasteiger partial charge on any atom is 0.103 e. The Morgan fingerprint density at radius 1 is 1.17 bits per heavy atom. The average molecular weight is 313 g/mol. The second-order valence-corrected chi connectivity index (χ2v) is 6.74. The number of aryl methyl sites for hydroxylation is 2. The highest BCUT2D eigenvalue weighted by Gasteiger charge is 2.21. The minimum atomic E-state index is 0.146. The molecule has 124 valence electrons. The van der Waals surface area contributed by atoms with Crippen LogP contribution in [0.3, 0.4) is 0 Å². The smallest absolute Gasteiger partial charge is 0.103 e. The van der Waals surface area contributed by atoms with Gasteiger partial charge in [0.1, 0.15) is 5.82 Å². The van der Waals surface area contributed by atoms with Crippen molar-refractivity contribution < 1.29 is 5.11 Å². The summed E-state index contributed by atoms with van der Waals surface area (Å²) in [5, 5.41) is 9.46. The lowest BCUT2D eigenvalue weighted by atomic mass is 9.88. The number of H-pyrrole nitrogens is 1. The van der Waals surface area contributed by atoms with Crippen molar-refractivity contribution >= 4 is 0 Å². The molecule has 1 saturated heterocycles. The molecule has 0 bridgehead atoms. The summed E-state index contributed by atoms with van der Waals surface area (Å²) < 4.78 is 0. The molecular weight excluding hydrogens is 286 g/mol. The van der Waals surface area contributed by atoms with Gasteiger partial charge in [-0.05, 0) is 63.2 Å². The molecule has 3 rings (SSSR count). The van der Waals surface area contributed by atoms with Crippen LogP contribution in [0, 0.1) is 19.8 Å². The Hall–Kier alpha value is -1.65. The zero-order valence-electron chi connectivity index (χ0n) is 14.2. The lowest BCUT2D eigenvalue weighted by Gasteiger charge is -2.32. The molecule has 1 aliphatic rings. The van der Waals surface area contributed by atoms with E-state index >= 15 is 0 Å². The lowest BCUT2D eigenvalue weighted by Crippen LogP contribution is -2.34. The third-order valence-electron chi connectivity index (χ3n) is 4.98. The number of piperidine rings is 1. The molecule has 2 N–H and O–H groups in total. The van der Waals surface area contributed by atoms with Gasteiger partial charge < -0.3 is 10.1 Å². The van der Waals surface area contributed by atoms with Crippen molar-refractivity contribution in [3.05, 3.63) is 52.6 Å². The summed E-state index contributed by atoms with van der Waals surface area (Å²) in [4.78, 5) is 10.4. The topological polar surface area (TPSA) is 52.1 Å². The minimum Gasteiger partial charge on any atom is -0.392 e. The van der Waals surface area contributed by atoms with Crippen LogP contribution in [0.1, 0.15) is 41.2 Å². The zero-order chi connectivity index (χ0) is 16.2. The number of aliphatic hydroxyl groups is 1. The molecule has 0 atom stereocenters. The number of imidazole rings is 1. The summed E-state index contributed by atoms with van der Waals surface area (Å²) in [5.41, 5.74) is 4.78. The van der Waals surface area contributed by atoms with Crippen LogP contribution < -0.4 is 0 Å². The van der Waals surface area contributed by atoms with Crippen molar-refractivity contribution in [2.75, 3.05) is 13.1 Å². The normalized spacial score (nSPS) is 16.8. The molecule has 0 amide bonds. The monoisotopic (exact) mass is 313 g/mol. The number of nitrogens with one attached hydrogen (secondary N) is 1. The van der Waals surface area contributed by atoms with Gasteiger partial charge in [-0.25, -0.2) is 4.98 Å². The van der Waals surface area contributed by atoms with Gasteiger partial charge in [-0.2, -0.15) is 0 Å². The van der Waals surface area contributed by atoms with E-state index in [9.17, 15) is 5.11 Å². The Bertz CT molecular complexity index is 642. The first-order valence-corrected chi connectivity index (χ1v) is 8.57. The van der Waals surface area contributed by atoms with Gasteiger partial charge in [0.2, 0.25) is 0 Å². The molecule has 0 unspecified atom stereocenters. The Kier molecular flexibility index (Phi) is 5.13. The third-order valence-corrected chi connectivity index (χ3v) is 4.98. The first kappa shape index (κ1) is 16.2. The minimum absolute atomic E-state index is 0.146. The maximum absolute atomic E-state index is 9.46. The highest BCUT2D eigenvalue weighted by molar-refractivity contribution is 5.27. The first-order valence-electron chi connectivity index (χ1n) is 8.57. The highest BCUT2D eigenvalue weighted by atomic mass is 16.3. The highest BCUT2D eigenvalue weighted by Crippen LogP contribution is 2.24. The van der Waals surface area contributed by atoms with E-state index < -0.39 is 0 Å². The third kappa shape index (κ3) is 4.01. The Labute approximate surface area is 138 Å². The van der Waals surface area contributed by atoms with E-state index in [4.69, 9.17) is 0 Å². The van der Waals surface area contributed by atoms with Crippen LogP contribution in [0.2, 0.25) is 0 Å². The van der Waals surface area contributed by atoms with Crippen LogP contribution in [0.5, 0.6) is 0 Å². The zero-order valence-corrected chi connectivity index (χ0v) is 14.2. The van der Waals surface area contributed by atoms with Crippen LogP contribution >= 0.6 is 0 Å². The number of nitrogens with zero attached hydrogens (tertiary/aromatic N) is 2. The van der Waals surface area contributed by atoms with Gasteiger partial charge in [0.25, 0.3) is 0 Å². The van der Waals surface area contributed by atoms with Gasteiger partial charge in [0.05, 0.1) is 12.3 Å². The van der Waals surface area contributed by atoms with Crippen molar-refractivity contribution in [3.8, 4) is 0 Å². The van der Waals surface area contributed by atoms with Gasteiger partial charge in [0, 0.05) is 12.2 Å². The summed E-state index contributed by atoms with van der Waals surface area (Å²) in [6.45, 7) is 7.49. The molecular formula is C19H27N3O. The molecule has 4 nitrogen and oxygen atoms in total. The molecule has 0 aliphatic carbocycles. The van der Waals surface area contributed by atoms with Gasteiger partial charge >= 0.3 is 0 Å². The summed E-state index contributed by atoms with van der Waals surface area (Å²) in [5.74, 6) is 1.73. The quantitative estimate of drug-likeness (QED) is 0.892. The van der Waals surface area contributed by atoms with E-state index in [-0.39, 0.29) is 6.61 Å². The molecule has 0 saturated carbocycles. The fourth-order valence-corrected chi connectivity index (χ4v) is 3.59. The van der Waals surface area contributed by atoms with E-state index in [2.05, 4.69) is 33.9 Å². The van der Waals surface area contributed by atoms with E-state index in [1.54, 1.807) is 0 Å². The lowest BCUT2D eigenvalue weighted by molar-refractivity contribution is 0.174. The molecule has 0 radical (unpaired) electrons. The maximum atomic E-state index is 9.46. The fraction of sp³-hybridized carbons (Fsp3) is 0.526. The molecule has 1 aromatic heterocycles. The van der Waals surface area contributed by atoms with Gasteiger partial charge in [-0.3, -0.25) is 4.90 Å². The van der Waals surface area contributed by atoms with Gasteiger partial charge in [-0.15, -0.1) is 0 Å². The number of aliphatic hydroxyl groups excluding tert-OH is 1. The van der Waals surface area contributed by atoms with Crippen molar-refractivity contribution in [1.82, 2.24) is 14.9 Å². The van der Waals surface area contributed by atoms with Crippen LogP contribution in [0.15, 0.2) is 24.3 Å². The van der Waals surface area contributed by atoms with Gasteiger partial charge in [0.15, 0.2) is 0 Å². The molecule has 1 aromatic carbocycles. The SMILES string of the molecule is Cc1nc(CN2CCC(Cc3ccccc3CO)CC2)c(C)[nH]1. The number of hydrogen-bond donors (Lipinski definition) is 2. The molecule has 4 heteroatoms. The van der Waals surface area contributed by atoms with Crippen LogP contribution in [0.25, 0.3) is 0 Å². The predicted octanol–water partition coefficient (Wildman–Crippen LogP) is 2.97. The summed E-state index contributed by atoms with van der Waals surface area (Å²) in [6.07, 6.45) is 3.54. The van der Waals surface area contributed by atoms with Crippen molar-refractivity contribution in [2.45, 2.75) is 46.3 Å². The molecule has 23 heavy (non-hydrogen) atoms. The first-order chi connectivity index (χ1) is 11.2. The summed E-state index contributed by atoms with van der Waals surface area (Å²) in [6, 6.07) is 8.28. The summed E-state index contributed by atoms with van der Waals surface area (Å²) >= 11 is 0. The van der Waals surface area contributed by atoms with Crippen molar-refractivity contribution in [2.24, 2.45) is 5.92 Å². The van der Waals surface area contributed by atoms with E-state index in [1.165, 1.54) is 29.8 Å². The Morgan fingerprint density at radius 3 is 2.48 bits per heavy atom. The average Bonchev–Trinajstić information content (AvgIpc) is 2.87. The van der Waals surface area contributed by atoms with Gasteiger partial charge in [-0.1, -0.05) is 24.3 Å². The van der Waals surface area contributed by atoms with E-state index in [1.807, 2.05) is 19.1 Å². The number of benzene rings is 1. The molecule has 1 aliphatic heterocycles. The second-order valence-electron chi connectivity index (χ2n) is 6.74. The standard InChI is InChI=1S/C19H27N3O/c1-14-19(21-15(2)20-14)12-22-9-7-16(8-10-22)11-17-5-3-4-6-18(17)13-23/h3-6,16,23H,7-13H2,1-2H3,(H,20,21). The van der Waals surface area contributed by atoms with Crippen LogP contribution in [-0.2, 0) is 19.6 Å². The van der Waals surface area contributed by atoms with Crippen LogP contribution in [0.4, 0.5) is 0 Å². The number of likely N-dealkylation sites (tertiary alicyclic amines) is 1. The van der Waals surface area contributed by atoms with Crippen LogP contribution in [-0.4, -0.2) is 33.1 Å². The molecule has 0 spiro atoms.